The molecule has 0 aliphatic carbocycles. The van der Waals surface area contributed by atoms with Gasteiger partial charge in [-0.2, -0.15) is 0 Å². The van der Waals surface area contributed by atoms with Crippen LogP contribution in [0.2, 0.25) is 0 Å². The lowest BCUT2D eigenvalue weighted by Gasteiger charge is -2.25. The average molecular weight is 464 g/mol. The van der Waals surface area contributed by atoms with E-state index in [0.29, 0.717) is 25.8 Å². The van der Waals surface area contributed by atoms with Crippen LogP contribution in [0.4, 0.5) is 0 Å². The maximum atomic E-state index is 13.1. The molecule has 0 heterocycles. The Morgan fingerprint density at radius 1 is 0.970 bits per heavy atom. The van der Waals surface area contributed by atoms with Crippen LogP contribution in [0.15, 0.2) is 30.3 Å². The normalized spacial score (nSPS) is 14.4. The standard InChI is InChI=1S/C23H37N5O5/c1-3-15(2)20(25)23(33)28-18(13-16-9-5-4-6-10-16)22(32)27-17(11-7-8-12-24)21(31)26-14-19(29)30/h4-6,9-10,15,17-18,20H,3,7-8,11-14,24-25H2,1-2H3,(H,26,31)(H,27,32)(H,28,33)(H,29,30). The molecular weight excluding hydrogens is 426 g/mol. The second kappa shape index (κ2) is 15.0. The Hall–Kier alpha value is -2.98. The summed E-state index contributed by atoms with van der Waals surface area (Å²) in [5, 5.41) is 16.5. The molecule has 0 spiro atoms. The molecule has 0 saturated carbocycles. The van der Waals surface area contributed by atoms with Gasteiger partial charge in [-0.1, -0.05) is 50.6 Å². The highest BCUT2D eigenvalue weighted by molar-refractivity contribution is 5.93. The first-order chi connectivity index (χ1) is 15.7. The molecule has 184 valence electrons. The minimum absolute atomic E-state index is 0.0729. The van der Waals surface area contributed by atoms with Gasteiger partial charge in [-0.15, -0.1) is 0 Å². The third kappa shape index (κ3) is 10.5. The molecule has 0 saturated heterocycles. The van der Waals surface area contributed by atoms with Crippen molar-refractivity contribution in [2.45, 2.75) is 64.1 Å². The Morgan fingerprint density at radius 3 is 2.18 bits per heavy atom. The molecule has 0 radical (unpaired) electrons. The van der Waals surface area contributed by atoms with Gasteiger partial charge < -0.3 is 32.5 Å². The van der Waals surface area contributed by atoms with E-state index in [9.17, 15) is 19.2 Å². The van der Waals surface area contributed by atoms with E-state index in [1.165, 1.54) is 0 Å². The number of nitrogens with two attached hydrogens (primary N) is 2. The van der Waals surface area contributed by atoms with Crippen LogP contribution in [0, 0.1) is 5.92 Å². The maximum Gasteiger partial charge on any atom is 0.322 e. The van der Waals surface area contributed by atoms with Gasteiger partial charge >= 0.3 is 5.97 Å². The van der Waals surface area contributed by atoms with Crippen molar-refractivity contribution in [3.05, 3.63) is 35.9 Å². The molecule has 4 atom stereocenters. The van der Waals surface area contributed by atoms with Crippen molar-refractivity contribution in [1.82, 2.24) is 16.0 Å². The molecule has 4 unspecified atom stereocenters. The van der Waals surface area contributed by atoms with Crippen molar-refractivity contribution in [3.63, 3.8) is 0 Å². The first-order valence-electron chi connectivity index (χ1n) is 11.3. The number of carboxylic acids is 1. The summed E-state index contributed by atoms with van der Waals surface area (Å²) in [5.74, 6) is -2.87. The molecular formula is C23H37N5O5. The SMILES string of the molecule is CCC(C)C(N)C(=O)NC(Cc1ccccc1)C(=O)NC(CCCCN)C(=O)NCC(=O)O. The van der Waals surface area contributed by atoms with Crippen LogP contribution in [0.25, 0.3) is 0 Å². The summed E-state index contributed by atoms with van der Waals surface area (Å²) in [6.45, 7) is 3.65. The monoisotopic (exact) mass is 463 g/mol. The van der Waals surface area contributed by atoms with Crippen LogP contribution in [0.3, 0.4) is 0 Å². The molecule has 10 heteroatoms. The van der Waals surface area contributed by atoms with Crippen molar-refractivity contribution in [2.24, 2.45) is 17.4 Å². The van der Waals surface area contributed by atoms with Crippen LogP contribution >= 0.6 is 0 Å². The fraction of sp³-hybridized carbons (Fsp3) is 0.565. The van der Waals surface area contributed by atoms with Crippen LogP contribution in [0.5, 0.6) is 0 Å². The Labute approximate surface area is 194 Å². The molecule has 33 heavy (non-hydrogen) atoms. The van der Waals surface area contributed by atoms with Gasteiger partial charge in [0.1, 0.15) is 18.6 Å². The van der Waals surface area contributed by atoms with Gasteiger partial charge in [0.25, 0.3) is 0 Å². The highest BCUT2D eigenvalue weighted by Crippen LogP contribution is 2.09. The van der Waals surface area contributed by atoms with E-state index in [2.05, 4.69) is 16.0 Å². The summed E-state index contributed by atoms with van der Waals surface area (Å²) in [4.78, 5) is 49.1. The Morgan fingerprint density at radius 2 is 1.61 bits per heavy atom. The molecule has 1 rings (SSSR count). The fourth-order valence-corrected chi connectivity index (χ4v) is 3.16. The molecule has 0 aliphatic heterocycles. The summed E-state index contributed by atoms with van der Waals surface area (Å²) in [6.07, 6.45) is 2.41. The van der Waals surface area contributed by atoms with E-state index >= 15 is 0 Å². The van der Waals surface area contributed by atoms with Crippen molar-refractivity contribution in [2.75, 3.05) is 13.1 Å². The number of carboxylic acid groups (broad SMARTS) is 1. The highest BCUT2D eigenvalue weighted by atomic mass is 16.4. The van der Waals surface area contributed by atoms with E-state index in [4.69, 9.17) is 16.6 Å². The molecule has 1 aromatic carbocycles. The van der Waals surface area contributed by atoms with Gasteiger partial charge in [0.2, 0.25) is 17.7 Å². The highest BCUT2D eigenvalue weighted by Gasteiger charge is 2.29. The minimum atomic E-state index is -1.19. The number of unbranched alkanes of at least 4 members (excludes halogenated alkanes) is 1. The number of carbonyl (C=O) groups excluding carboxylic acids is 3. The first kappa shape index (κ1) is 28.1. The Kier molecular flexibility index (Phi) is 12.7. The number of carbonyl (C=O) groups is 4. The maximum absolute atomic E-state index is 13.1. The molecule has 0 aromatic heterocycles. The minimum Gasteiger partial charge on any atom is -0.480 e. The molecule has 1 aromatic rings. The summed E-state index contributed by atoms with van der Waals surface area (Å²) in [7, 11) is 0. The number of hydrogen-bond donors (Lipinski definition) is 6. The van der Waals surface area contributed by atoms with Crippen LogP contribution < -0.4 is 27.4 Å². The zero-order valence-electron chi connectivity index (χ0n) is 19.4. The summed E-state index contributed by atoms with van der Waals surface area (Å²) in [6, 6.07) is 6.47. The van der Waals surface area contributed by atoms with E-state index in [1.807, 2.05) is 44.2 Å². The lowest BCUT2D eigenvalue weighted by atomic mass is 9.98. The van der Waals surface area contributed by atoms with Gasteiger partial charge in [-0.25, -0.2) is 0 Å². The van der Waals surface area contributed by atoms with Gasteiger partial charge in [0.15, 0.2) is 0 Å². The quantitative estimate of drug-likeness (QED) is 0.197. The zero-order valence-corrected chi connectivity index (χ0v) is 19.4. The summed E-state index contributed by atoms with van der Waals surface area (Å²) < 4.78 is 0. The van der Waals surface area contributed by atoms with Crippen LogP contribution in [-0.4, -0.2) is 60.0 Å². The van der Waals surface area contributed by atoms with Gasteiger partial charge in [0.05, 0.1) is 6.04 Å². The number of amides is 3. The van der Waals surface area contributed by atoms with E-state index < -0.39 is 48.4 Å². The number of benzene rings is 1. The van der Waals surface area contributed by atoms with Crippen molar-refractivity contribution in [3.8, 4) is 0 Å². The molecule has 8 N–H and O–H groups in total. The predicted octanol–water partition coefficient (Wildman–Crippen LogP) is -0.0981. The van der Waals surface area contributed by atoms with Crippen LogP contribution in [-0.2, 0) is 25.6 Å². The van der Waals surface area contributed by atoms with E-state index in [0.717, 1.165) is 5.56 Å². The van der Waals surface area contributed by atoms with E-state index in [-0.39, 0.29) is 18.8 Å². The zero-order chi connectivity index (χ0) is 24.8. The molecule has 0 aliphatic rings. The van der Waals surface area contributed by atoms with Gasteiger partial charge in [-0.05, 0) is 37.3 Å². The van der Waals surface area contributed by atoms with Crippen molar-refractivity contribution >= 4 is 23.7 Å². The van der Waals surface area contributed by atoms with Gasteiger partial charge in [-0.3, -0.25) is 19.2 Å². The van der Waals surface area contributed by atoms with Crippen molar-refractivity contribution in [1.29, 1.82) is 0 Å². The Balaban J connectivity index is 3.01. The summed E-state index contributed by atoms with van der Waals surface area (Å²) >= 11 is 0. The smallest absolute Gasteiger partial charge is 0.322 e. The summed E-state index contributed by atoms with van der Waals surface area (Å²) in [5.41, 5.74) is 12.4. The molecule has 3 amide bonds. The molecule has 0 fully saturated rings. The number of aliphatic carboxylic acids is 1. The third-order valence-electron chi connectivity index (χ3n) is 5.47. The van der Waals surface area contributed by atoms with Crippen molar-refractivity contribution < 1.29 is 24.3 Å². The topological polar surface area (TPSA) is 177 Å². The lowest BCUT2D eigenvalue weighted by Crippen LogP contribution is -2.57. The third-order valence-corrected chi connectivity index (χ3v) is 5.47. The first-order valence-corrected chi connectivity index (χ1v) is 11.3. The number of nitrogens with one attached hydrogen (secondary N) is 3. The molecule has 10 nitrogen and oxygen atoms in total. The average Bonchev–Trinajstić information content (AvgIpc) is 2.80. The van der Waals surface area contributed by atoms with Gasteiger partial charge in [0, 0.05) is 6.42 Å². The van der Waals surface area contributed by atoms with Crippen LogP contribution in [0.1, 0.15) is 45.1 Å². The number of hydrogen-bond acceptors (Lipinski definition) is 6. The second-order valence-electron chi connectivity index (χ2n) is 8.12. The second-order valence-corrected chi connectivity index (χ2v) is 8.12. The number of rotatable bonds is 15. The largest absolute Gasteiger partial charge is 0.480 e. The fourth-order valence-electron chi connectivity index (χ4n) is 3.16. The molecule has 0 bridgehead atoms. The Bertz CT molecular complexity index is 774. The van der Waals surface area contributed by atoms with E-state index in [1.54, 1.807) is 0 Å². The lowest BCUT2D eigenvalue weighted by molar-refractivity contribution is -0.138. The predicted molar refractivity (Wildman–Crippen MR) is 125 cm³/mol.